The van der Waals surface area contributed by atoms with Gasteiger partial charge >= 0.3 is 0 Å². The number of nitrogens with zero attached hydrogens (tertiary/aromatic N) is 3. The summed E-state index contributed by atoms with van der Waals surface area (Å²) in [5, 5.41) is 12.4. The Morgan fingerprint density at radius 1 is 1.44 bits per heavy atom. The third-order valence-corrected chi connectivity index (χ3v) is 4.07. The zero-order valence-electron chi connectivity index (χ0n) is 11.0. The second-order valence-electron chi connectivity index (χ2n) is 4.81. The Hall–Kier alpha value is -1.17. The number of hydrogen-bond donors (Lipinski definition) is 1. The van der Waals surface area contributed by atoms with Crippen LogP contribution in [0.25, 0.3) is 0 Å². The molecule has 0 aromatic carbocycles. The lowest BCUT2D eigenvalue weighted by Gasteiger charge is -2.29. The van der Waals surface area contributed by atoms with Crippen LogP contribution in [0.2, 0.25) is 0 Å². The molecule has 0 radical (unpaired) electrons. The number of carbonyl (C=O) groups is 1. The number of rotatable bonds is 4. The number of aromatic nitrogens is 2. The molecule has 0 spiro atoms. The summed E-state index contributed by atoms with van der Waals surface area (Å²) in [5.41, 5.74) is 0. The van der Waals surface area contributed by atoms with E-state index < -0.39 is 0 Å². The highest BCUT2D eigenvalue weighted by molar-refractivity contribution is 7.17. The van der Waals surface area contributed by atoms with Crippen molar-refractivity contribution in [2.45, 2.75) is 33.1 Å². The molecule has 0 saturated carbocycles. The van der Waals surface area contributed by atoms with Crippen molar-refractivity contribution in [1.29, 1.82) is 0 Å². The first kappa shape index (κ1) is 13.3. The van der Waals surface area contributed by atoms with Crippen LogP contribution >= 0.6 is 11.3 Å². The Balaban J connectivity index is 1.94. The highest BCUT2D eigenvalue weighted by Crippen LogP contribution is 2.21. The van der Waals surface area contributed by atoms with Gasteiger partial charge in [0.1, 0.15) is 0 Å². The fraction of sp³-hybridized carbons (Fsp3) is 0.750. The number of likely N-dealkylation sites (tertiary alicyclic amines) is 1. The van der Waals surface area contributed by atoms with E-state index in [4.69, 9.17) is 0 Å². The number of nitrogens with one attached hydrogen (secondary N) is 1. The highest BCUT2D eigenvalue weighted by atomic mass is 32.1. The summed E-state index contributed by atoms with van der Waals surface area (Å²) in [7, 11) is 0. The third-order valence-electron chi connectivity index (χ3n) is 3.21. The lowest BCUT2D eigenvalue weighted by atomic mass is 9.99. The van der Waals surface area contributed by atoms with Crippen molar-refractivity contribution >= 4 is 22.4 Å². The number of piperidine rings is 1. The Morgan fingerprint density at radius 2 is 2.17 bits per heavy atom. The quantitative estimate of drug-likeness (QED) is 0.909. The van der Waals surface area contributed by atoms with E-state index in [1.807, 2.05) is 4.90 Å². The van der Waals surface area contributed by atoms with Crippen LogP contribution in [0.4, 0.5) is 5.13 Å². The predicted octanol–water partition coefficient (Wildman–Crippen LogP) is 2.23. The third kappa shape index (κ3) is 3.19. The number of anilines is 1. The maximum Gasteiger partial charge on any atom is 0.284 e. The molecule has 5 nitrogen and oxygen atoms in total. The smallest absolute Gasteiger partial charge is 0.284 e. The molecule has 100 valence electrons. The molecule has 2 heterocycles. The summed E-state index contributed by atoms with van der Waals surface area (Å²) >= 11 is 1.35. The van der Waals surface area contributed by atoms with Gasteiger partial charge in [-0.15, -0.1) is 10.2 Å². The zero-order chi connectivity index (χ0) is 13.0. The van der Waals surface area contributed by atoms with Gasteiger partial charge in [0, 0.05) is 19.6 Å². The number of amides is 1. The van der Waals surface area contributed by atoms with Gasteiger partial charge in [0.25, 0.3) is 5.91 Å². The van der Waals surface area contributed by atoms with Crippen LogP contribution in [0.5, 0.6) is 0 Å². The molecular formula is C12H20N4OS. The van der Waals surface area contributed by atoms with Gasteiger partial charge in [-0.3, -0.25) is 4.79 Å². The normalized spacial score (nSPS) is 16.9. The minimum absolute atomic E-state index is 0.0314. The SMILES string of the molecule is CCCNc1nnc(C(=O)N2CCC(C)CC2)s1. The van der Waals surface area contributed by atoms with Gasteiger partial charge in [-0.05, 0) is 25.2 Å². The summed E-state index contributed by atoms with van der Waals surface area (Å²) in [6, 6.07) is 0. The Bertz CT molecular complexity index is 399. The largest absolute Gasteiger partial charge is 0.360 e. The molecule has 1 amide bonds. The van der Waals surface area contributed by atoms with Crippen molar-refractivity contribution < 1.29 is 4.79 Å². The molecule has 1 fully saturated rings. The topological polar surface area (TPSA) is 58.1 Å². The first-order valence-electron chi connectivity index (χ1n) is 6.57. The van der Waals surface area contributed by atoms with E-state index in [2.05, 4.69) is 29.4 Å². The molecule has 0 bridgehead atoms. The maximum atomic E-state index is 12.2. The fourth-order valence-corrected chi connectivity index (χ4v) is 2.70. The molecule has 1 N–H and O–H groups in total. The first-order chi connectivity index (χ1) is 8.70. The monoisotopic (exact) mass is 268 g/mol. The van der Waals surface area contributed by atoms with E-state index >= 15 is 0 Å². The highest BCUT2D eigenvalue weighted by Gasteiger charge is 2.24. The molecule has 18 heavy (non-hydrogen) atoms. The van der Waals surface area contributed by atoms with Crippen LogP contribution in [0, 0.1) is 5.92 Å². The van der Waals surface area contributed by atoms with Gasteiger partial charge in [0.15, 0.2) is 0 Å². The Morgan fingerprint density at radius 3 is 2.83 bits per heavy atom. The van der Waals surface area contributed by atoms with E-state index in [1.165, 1.54) is 11.3 Å². The fourth-order valence-electron chi connectivity index (χ4n) is 1.96. The van der Waals surface area contributed by atoms with Gasteiger partial charge in [0.2, 0.25) is 10.1 Å². The minimum Gasteiger partial charge on any atom is -0.360 e. The van der Waals surface area contributed by atoms with Gasteiger partial charge in [0.05, 0.1) is 0 Å². The zero-order valence-corrected chi connectivity index (χ0v) is 11.8. The van der Waals surface area contributed by atoms with Crippen molar-refractivity contribution in [1.82, 2.24) is 15.1 Å². The second-order valence-corrected chi connectivity index (χ2v) is 5.79. The van der Waals surface area contributed by atoms with Crippen LogP contribution in [-0.4, -0.2) is 40.6 Å². The second kappa shape index (κ2) is 6.13. The van der Waals surface area contributed by atoms with Crippen LogP contribution in [0.15, 0.2) is 0 Å². The summed E-state index contributed by atoms with van der Waals surface area (Å²) in [5.74, 6) is 0.759. The number of hydrogen-bond acceptors (Lipinski definition) is 5. The Kier molecular flexibility index (Phi) is 4.52. The summed E-state index contributed by atoms with van der Waals surface area (Å²) in [4.78, 5) is 14.1. The molecule has 0 aliphatic carbocycles. The molecule has 2 rings (SSSR count). The summed E-state index contributed by atoms with van der Waals surface area (Å²) in [6.07, 6.45) is 3.21. The molecule has 1 aliphatic rings. The average Bonchev–Trinajstić information content (AvgIpc) is 2.85. The lowest BCUT2D eigenvalue weighted by Crippen LogP contribution is -2.37. The van der Waals surface area contributed by atoms with Crippen molar-refractivity contribution in [2.75, 3.05) is 25.0 Å². The molecule has 1 aromatic rings. The van der Waals surface area contributed by atoms with E-state index in [-0.39, 0.29) is 5.91 Å². The molecule has 0 unspecified atom stereocenters. The van der Waals surface area contributed by atoms with Gasteiger partial charge in [-0.25, -0.2) is 0 Å². The summed E-state index contributed by atoms with van der Waals surface area (Å²) < 4.78 is 0. The lowest BCUT2D eigenvalue weighted by molar-refractivity contribution is 0.0696. The van der Waals surface area contributed by atoms with E-state index in [0.29, 0.717) is 5.01 Å². The van der Waals surface area contributed by atoms with Crippen LogP contribution in [0.3, 0.4) is 0 Å². The molecule has 6 heteroatoms. The van der Waals surface area contributed by atoms with Crippen LogP contribution in [0.1, 0.15) is 42.9 Å². The predicted molar refractivity (Wildman–Crippen MR) is 73.0 cm³/mol. The van der Waals surface area contributed by atoms with Crippen molar-refractivity contribution in [3.63, 3.8) is 0 Å². The van der Waals surface area contributed by atoms with E-state index in [1.54, 1.807) is 0 Å². The van der Waals surface area contributed by atoms with E-state index in [9.17, 15) is 4.79 Å². The minimum atomic E-state index is 0.0314. The Labute approximate surface area is 112 Å². The van der Waals surface area contributed by atoms with E-state index in [0.717, 1.165) is 49.9 Å². The standard InChI is InChI=1S/C12H20N4OS/c1-3-6-13-12-15-14-10(18-12)11(17)16-7-4-9(2)5-8-16/h9H,3-8H2,1-2H3,(H,13,15). The average molecular weight is 268 g/mol. The van der Waals surface area contributed by atoms with Crippen LogP contribution in [-0.2, 0) is 0 Å². The van der Waals surface area contributed by atoms with Crippen molar-refractivity contribution in [3.05, 3.63) is 5.01 Å². The molecular weight excluding hydrogens is 248 g/mol. The van der Waals surface area contributed by atoms with Crippen molar-refractivity contribution in [3.8, 4) is 0 Å². The van der Waals surface area contributed by atoms with Crippen LogP contribution < -0.4 is 5.32 Å². The first-order valence-corrected chi connectivity index (χ1v) is 7.39. The number of carbonyl (C=O) groups excluding carboxylic acids is 1. The van der Waals surface area contributed by atoms with Crippen molar-refractivity contribution in [2.24, 2.45) is 5.92 Å². The molecule has 1 aromatic heterocycles. The molecule has 1 aliphatic heterocycles. The van der Waals surface area contributed by atoms with Gasteiger partial charge < -0.3 is 10.2 Å². The molecule has 1 saturated heterocycles. The summed E-state index contributed by atoms with van der Waals surface area (Å²) in [6.45, 7) is 6.88. The molecule has 0 atom stereocenters. The maximum absolute atomic E-state index is 12.2. The van der Waals surface area contributed by atoms with Gasteiger partial charge in [-0.2, -0.15) is 0 Å². The van der Waals surface area contributed by atoms with Gasteiger partial charge in [-0.1, -0.05) is 25.2 Å².